The second-order valence-electron chi connectivity index (χ2n) is 3.30. The van der Waals surface area contributed by atoms with Crippen LogP contribution in [-0.4, -0.2) is 5.78 Å². The van der Waals surface area contributed by atoms with E-state index in [0.717, 1.165) is 17.5 Å². The summed E-state index contributed by atoms with van der Waals surface area (Å²) in [6.45, 7) is 1.95. The standard InChI is InChI=1S/C13H14O/c1-3-4-5-10-13(14)12-9-7-6-8-11(12)2/h1,6-9H,4-5,10H2,2H3. The van der Waals surface area contributed by atoms with Gasteiger partial charge in [-0.2, -0.15) is 0 Å². The zero-order chi connectivity index (χ0) is 10.4. The van der Waals surface area contributed by atoms with Gasteiger partial charge in [-0.15, -0.1) is 12.3 Å². The van der Waals surface area contributed by atoms with Gasteiger partial charge in [-0.05, 0) is 18.9 Å². The number of Topliss-reactive ketones (excluding diaryl/α,β-unsaturated/α-hetero) is 1. The molecule has 0 saturated heterocycles. The molecule has 0 atom stereocenters. The molecule has 1 nitrogen and oxygen atoms in total. The van der Waals surface area contributed by atoms with Gasteiger partial charge in [0.15, 0.2) is 5.78 Å². The number of rotatable bonds is 4. The summed E-state index contributed by atoms with van der Waals surface area (Å²) in [5.74, 6) is 2.73. The third kappa shape index (κ3) is 2.74. The second-order valence-corrected chi connectivity index (χ2v) is 3.30. The number of ketones is 1. The number of aryl methyl sites for hydroxylation is 1. The van der Waals surface area contributed by atoms with E-state index in [4.69, 9.17) is 6.42 Å². The molecule has 0 saturated carbocycles. The highest BCUT2D eigenvalue weighted by Crippen LogP contribution is 2.11. The quantitative estimate of drug-likeness (QED) is 0.401. The van der Waals surface area contributed by atoms with Crippen molar-refractivity contribution in [3.8, 4) is 12.3 Å². The highest BCUT2D eigenvalue weighted by Gasteiger charge is 2.06. The predicted molar refractivity (Wildman–Crippen MR) is 58.2 cm³/mol. The molecule has 1 aromatic rings. The van der Waals surface area contributed by atoms with E-state index in [0.29, 0.717) is 12.8 Å². The van der Waals surface area contributed by atoms with Gasteiger partial charge >= 0.3 is 0 Å². The summed E-state index contributed by atoms with van der Waals surface area (Å²) in [4.78, 5) is 11.7. The van der Waals surface area contributed by atoms with E-state index in [2.05, 4.69) is 5.92 Å². The molecule has 0 aromatic heterocycles. The molecular formula is C13H14O. The Morgan fingerprint density at radius 3 is 2.79 bits per heavy atom. The highest BCUT2D eigenvalue weighted by atomic mass is 16.1. The Labute approximate surface area is 85.1 Å². The molecule has 72 valence electrons. The first-order chi connectivity index (χ1) is 6.75. The molecule has 0 spiro atoms. The zero-order valence-corrected chi connectivity index (χ0v) is 8.42. The van der Waals surface area contributed by atoms with E-state index in [1.165, 1.54) is 0 Å². The van der Waals surface area contributed by atoms with Gasteiger partial charge < -0.3 is 0 Å². The average Bonchev–Trinajstić information content (AvgIpc) is 2.18. The molecule has 14 heavy (non-hydrogen) atoms. The van der Waals surface area contributed by atoms with Crippen LogP contribution in [0.25, 0.3) is 0 Å². The molecule has 0 radical (unpaired) electrons. The number of terminal acetylenes is 1. The van der Waals surface area contributed by atoms with E-state index in [1.807, 2.05) is 31.2 Å². The third-order valence-corrected chi connectivity index (χ3v) is 2.17. The molecule has 1 aromatic carbocycles. The van der Waals surface area contributed by atoms with Gasteiger partial charge in [-0.25, -0.2) is 0 Å². The van der Waals surface area contributed by atoms with Crippen molar-refractivity contribution in [3.63, 3.8) is 0 Å². The lowest BCUT2D eigenvalue weighted by molar-refractivity contribution is 0.0980. The van der Waals surface area contributed by atoms with Crippen LogP contribution in [0.4, 0.5) is 0 Å². The average molecular weight is 186 g/mol. The van der Waals surface area contributed by atoms with Crippen LogP contribution in [-0.2, 0) is 0 Å². The van der Waals surface area contributed by atoms with Gasteiger partial charge in [0, 0.05) is 18.4 Å². The summed E-state index contributed by atoms with van der Waals surface area (Å²) in [5.41, 5.74) is 1.86. The molecule has 0 aliphatic heterocycles. The predicted octanol–water partition coefficient (Wildman–Crippen LogP) is 2.98. The van der Waals surface area contributed by atoms with Crippen LogP contribution < -0.4 is 0 Å². The Hall–Kier alpha value is -1.55. The Morgan fingerprint density at radius 1 is 1.43 bits per heavy atom. The third-order valence-electron chi connectivity index (χ3n) is 2.17. The van der Waals surface area contributed by atoms with Crippen molar-refractivity contribution in [1.82, 2.24) is 0 Å². The molecule has 0 amide bonds. The summed E-state index contributed by atoms with van der Waals surface area (Å²) in [6.07, 6.45) is 7.13. The molecular weight excluding hydrogens is 172 g/mol. The maximum atomic E-state index is 11.7. The van der Waals surface area contributed by atoms with Crippen LogP contribution in [0, 0.1) is 19.3 Å². The molecule has 0 aliphatic carbocycles. The van der Waals surface area contributed by atoms with Gasteiger partial charge in [0.05, 0.1) is 0 Å². The fraction of sp³-hybridized carbons (Fsp3) is 0.308. The fourth-order valence-electron chi connectivity index (χ4n) is 1.37. The lowest BCUT2D eigenvalue weighted by Gasteiger charge is -2.02. The molecule has 0 aliphatic rings. The van der Waals surface area contributed by atoms with Crippen LogP contribution in [0.3, 0.4) is 0 Å². The summed E-state index contributed by atoms with van der Waals surface area (Å²) in [5, 5.41) is 0. The van der Waals surface area contributed by atoms with Crippen molar-refractivity contribution < 1.29 is 4.79 Å². The molecule has 0 bridgehead atoms. The van der Waals surface area contributed by atoms with Crippen molar-refractivity contribution in [2.24, 2.45) is 0 Å². The summed E-state index contributed by atoms with van der Waals surface area (Å²) >= 11 is 0. The van der Waals surface area contributed by atoms with Crippen molar-refractivity contribution in [2.75, 3.05) is 0 Å². The molecule has 0 unspecified atom stereocenters. The van der Waals surface area contributed by atoms with Crippen molar-refractivity contribution in [1.29, 1.82) is 0 Å². The summed E-state index contributed by atoms with van der Waals surface area (Å²) in [7, 11) is 0. The normalized spacial score (nSPS) is 9.43. The molecule has 1 heteroatoms. The van der Waals surface area contributed by atoms with Crippen molar-refractivity contribution in [2.45, 2.75) is 26.2 Å². The minimum Gasteiger partial charge on any atom is -0.294 e. The monoisotopic (exact) mass is 186 g/mol. The fourth-order valence-corrected chi connectivity index (χ4v) is 1.37. The maximum absolute atomic E-state index is 11.7. The van der Waals surface area contributed by atoms with Gasteiger partial charge in [0.2, 0.25) is 0 Å². The molecule has 0 fully saturated rings. The summed E-state index contributed by atoms with van der Waals surface area (Å²) in [6, 6.07) is 7.65. The Balaban J connectivity index is 2.62. The van der Waals surface area contributed by atoms with E-state index in [9.17, 15) is 4.79 Å². The van der Waals surface area contributed by atoms with Crippen LogP contribution >= 0.6 is 0 Å². The van der Waals surface area contributed by atoms with Crippen molar-refractivity contribution in [3.05, 3.63) is 35.4 Å². The number of unbranched alkanes of at least 4 members (excludes halogenated alkanes) is 1. The van der Waals surface area contributed by atoms with Gasteiger partial charge in [0.25, 0.3) is 0 Å². The van der Waals surface area contributed by atoms with Crippen LogP contribution in [0.2, 0.25) is 0 Å². The number of benzene rings is 1. The van der Waals surface area contributed by atoms with E-state index in [-0.39, 0.29) is 5.78 Å². The van der Waals surface area contributed by atoms with Gasteiger partial charge in [-0.3, -0.25) is 4.79 Å². The topological polar surface area (TPSA) is 17.1 Å². The minimum atomic E-state index is 0.193. The number of carbonyl (C=O) groups is 1. The first-order valence-electron chi connectivity index (χ1n) is 4.78. The van der Waals surface area contributed by atoms with E-state index in [1.54, 1.807) is 0 Å². The Morgan fingerprint density at radius 2 is 2.14 bits per heavy atom. The second kappa shape index (κ2) is 5.24. The maximum Gasteiger partial charge on any atom is 0.163 e. The molecule has 0 heterocycles. The highest BCUT2D eigenvalue weighted by molar-refractivity contribution is 5.97. The largest absolute Gasteiger partial charge is 0.294 e. The number of carbonyl (C=O) groups excluding carboxylic acids is 1. The van der Waals surface area contributed by atoms with E-state index < -0.39 is 0 Å². The van der Waals surface area contributed by atoms with Crippen LogP contribution in [0.1, 0.15) is 35.2 Å². The van der Waals surface area contributed by atoms with Gasteiger partial charge in [-0.1, -0.05) is 24.3 Å². The zero-order valence-electron chi connectivity index (χ0n) is 8.42. The van der Waals surface area contributed by atoms with Crippen LogP contribution in [0.5, 0.6) is 0 Å². The number of hydrogen-bond donors (Lipinski definition) is 0. The Bertz CT molecular complexity index is 358. The lowest BCUT2D eigenvalue weighted by Crippen LogP contribution is -2.00. The number of hydrogen-bond acceptors (Lipinski definition) is 1. The Kier molecular flexibility index (Phi) is 3.94. The van der Waals surface area contributed by atoms with Gasteiger partial charge in [0.1, 0.15) is 0 Å². The lowest BCUT2D eigenvalue weighted by atomic mass is 10.0. The van der Waals surface area contributed by atoms with Crippen LogP contribution in [0.15, 0.2) is 24.3 Å². The first-order valence-corrected chi connectivity index (χ1v) is 4.78. The molecule has 0 N–H and O–H groups in total. The SMILES string of the molecule is C#CCCCC(=O)c1ccccc1C. The molecule has 1 rings (SSSR count). The van der Waals surface area contributed by atoms with Crippen molar-refractivity contribution >= 4 is 5.78 Å². The van der Waals surface area contributed by atoms with E-state index >= 15 is 0 Å². The summed E-state index contributed by atoms with van der Waals surface area (Å²) < 4.78 is 0. The first kappa shape index (κ1) is 10.5. The smallest absolute Gasteiger partial charge is 0.163 e. The minimum absolute atomic E-state index is 0.193.